The maximum atomic E-state index is 11.8. The third-order valence-electron chi connectivity index (χ3n) is 3.10. The molecule has 4 heteroatoms. The van der Waals surface area contributed by atoms with E-state index in [-0.39, 0.29) is 11.7 Å². The molecule has 0 radical (unpaired) electrons. The van der Waals surface area contributed by atoms with Crippen LogP contribution in [0.1, 0.15) is 24.8 Å². The van der Waals surface area contributed by atoms with Gasteiger partial charge in [-0.15, -0.1) is 0 Å². The predicted molar refractivity (Wildman–Crippen MR) is 74.9 cm³/mol. The highest BCUT2D eigenvalue weighted by Gasteiger charge is 2.15. The minimum absolute atomic E-state index is 0.135. The number of thioether (sulfide) groups is 1. The van der Waals surface area contributed by atoms with E-state index in [1.165, 1.54) is 12.2 Å². The van der Waals surface area contributed by atoms with Crippen LogP contribution in [0.3, 0.4) is 0 Å². The smallest absolute Gasteiger partial charge is 0.220 e. The second kappa shape index (κ2) is 6.69. The van der Waals surface area contributed by atoms with Gasteiger partial charge in [0, 0.05) is 18.2 Å². The Labute approximate surface area is 112 Å². The van der Waals surface area contributed by atoms with Crippen molar-refractivity contribution >= 4 is 17.7 Å². The molecule has 1 fully saturated rings. The maximum Gasteiger partial charge on any atom is 0.220 e. The Morgan fingerprint density at radius 1 is 1.39 bits per heavy atom. The minimum Gasteiger partial charge on any atom is -0.508 e. The van der Waals surface area contributed by atoms with Crippen molar-refractivity contribution in [2.24, 2.45) is 0 Å². The van der Waals surface area contributed by atoms with Gasteiger partial charge in [0.25, 0.3) is 0 Å². The Bertz CT molecular complexity index is 385. The van der Waals surface area contributed by atoms with E-state index >= 15 is 0 Å². The standard InChI is InChI=1S/C14H19NO2S/c16-13-6-3-11(4-7-13)5-8-14(17)15-12-2-1-9-18-10-12/h3-4,6-7,12,16H,1-2,5,8-10H2,(H,15,17). The fourth-order valence-corrected chi connectivity index (χ4v) is 3.15. The second-order valence-electron chi connectivity index (χ2n) is 4.65. The first-order chi connectivity index (χ1) is 8.74. The van der Waals surface area contributed by atoms with Crippen molar-refractivity contribution in [3.8, 4) is 5.75 Å². The molecule has 0 aliphatic carbocycles. The van der Waals surface area contributed by atoms with Crippen LogP contribution in [0.2, 0.25) is 0 Å². The molecule has 1 aromatic rings. The van der Waals surface area contributed by atoms with Crippen LogP contribution in [0.4, 0.5) is 0 Å². The van der Waals surface area contributed by atoms with Crippen LogP contribution < -0.4 is 5.32 Å². The summed E-state index contributed by atoms with van der Waals surface area (Å²) in [4.78, 5) is 11.8. The third kappa shape index (κ3) is 4.26. The maximum absolute atomic E-state index is 11.8. The Kier molecular flexibility index (Phi) is 4.93. The van der Waals surface area contributed by atoms with Crippen LogP contribution in [0, 0.1) is 0 Å². The number of aryl methyl sites for hydroxylation is 1. The lowest BCUT2D eigenvalue weighted by molar-refractivity contribution is -0.121. The third-order valence-corrected chi connectivity index (χ3v) is 4.32. The van der Waals surface area contributed by atoms with E-state index in [9.17, 15) is 4.79 Å². The fraction of sp³-hybridized carbons (Fsp3) is 0.500. The van der Waals surface area contributed by atoms with Gasteiger partial charge in [0.15, 0.2) is 0 Å². The van der Waals surface area contributed by atoms with Gasteiger partial charge in [-0.1, -0.05) is 12.1 Å². The predicted octanol–water partition coefficient (Wildman–Crippen LogP) is 2.34. The number of hydrogen-bond acceptors (Lipinski definition) is 3. The van der Waals surface area contributed by atoms with E-state index in [4.69, 9.17) is 5.11 Å². The molecule has 2 N–H and O–H groups in total. The van der Waals surface area contributed by atoms with Crippen molar-refractivity contribution < 1.29 is 9.90 Å². The number of amides is 1. The highest BCUT2D eigenvalue weighted by molar-refractivity contribution is 7.99. The van der Waals surface area contributed by atoms with Crippen molar-refractivity contribution in [1.82, 2.24) is 5.32 Å². The number of rotatable bonds is 4. The van der Waals surface area contributed by atoms with E-state index in [2.05, 4.69) is 5.32 Å². The number of phenols is 1. The molecule has 1 heterocycles. The highest BCUT2D eigenvalue weighted by Crippen LogP contribution is 2.17. The molecule has 1 aromatic carbocycles. The van der Waals surface area contributed by atoms with Crippen molar-refractivity contribution in [3.05, 3.63) is 29.8 Å². The van der Waals surface area contributed by atoms with Gasteiger partial charge in [-0.05, 0) is 42.7 Å². The zero-order valence-electron chi connectivity index (χ0n) is 10.4. The normalized spacial score (nSPS) is 19.4. The SMILES string of the molecule is O=C(CCc1ccc(O)cc1)NC1CCCSC1. The van der Waals surface area contributed by atoms with Gasteiger partial charge in [0.1, 0.15) is 5.75 Å². The summed E-state index contributed by atoms with van der Waals surface area (Å²) in [6.07, 6.45) is 3.56. The molecule has 1 aliphatic heterocycles. The molecule has 2 rings (SSSR count). The molecule has 0 aromatic heterocycles. The lowest BCUT2D eigenvalue weighted by Gasteiger charge is -2.22. The lowest BCUT2D eigenvalue weighted by atomic mass is 10.1. The van der Waals surface area contributed by atoms with E-state index < -0.39 is 0 Å². The summed E-state index contributed by atoms with van der Waals surface area (Å²) in [7, 11) is 0. The van der Waals surface area contributed by atoms with E-state index in [0.29, 0.717) is 12.5 Å². The Balaban J connectivity index is 1.72. The summed E-state index contributed by atoms with van der Waals surface area (Å²) in [6.45, 7) is 0. The van der Waals surface area contributed by atoms with Gasteiger partial charge in [0.2, 0.25) is 5.91 Å². The van der Waals surface area contributed by atoms with Gasteiger partial charge >= 0.3 is 0 Å². The van der Waals surface area contributed by atoms with Crippen LogP contribution in [0.15, 0.2) is 24.3 Å². The zero-order chi connectivity index (χ0) is 12.8. The molecule has 98 valence electrons. The quantitative estimate of drug-likeness (QED) is 0.878. The molecule has 1 saturated heterocycles. The Morgan fingerprint density at radius 2 is 2.17 bits per heavy atom. The highest BCUT2D eigenvalue weighted by atomic mass is 32.2. The van der Waals surface area contributed by atoms with Gasteiger partial charge < -0.3 is 10.4 Å². The largest absolute Gasteiger partial charge is 0.508 e. The molecule has 0 bridgehead atoms. The summed E-state index contributed by atoms with van der Waals surface area (Å²) in [5.74, 6) is 2.67. The van der Waals surface area contributed by atoms with Crippen LogP contribution in [-0.4, -0.2) is 28.6 Å². The molecule has 1 amide bonds. The van der Waals surface area contributed by atoms with E-state index in [1.807, 2.05) is 23.9 Å². The van der Waals surface area contributed by atoms with Crippen molar-refractivity contribution in [3.63, 3.8) is 0 Å². The molecule has 0 spiro atoms. The molecule has 1 aliphatic rings. The molecule has 1 unspecified atom stereocenters. The molecule has 3 nitrogen and oxygen atoms in total. The van der Waals surface area contributed by atoms with E-state index in [1.54, 1.807) is 12.1 Å². The van der Waals surface area contributed by atoms with E-state index in [0.717, 1.165) is 24.2 Å². The van der Waals surface area contributed by atoms with Crippen molar-refractivity contribution in [2.45, 2.75) is 31.7 Å². The Morgan fingerprint density at radius 3 is 2.83 bits per heavy atom. The second-order valence-corrected chi connectivity index (χ2v) is 5.80. The first-order valence-electron chi connectivity index (χ1n) is 6.39. The van der Waals surface area contributed by atoms with Crippen molar-refractivity contribution in [2.75, 3.05) is 11.5 Å². The zero-order valence-corrected chi connectivity index (χ0v) is 11.2. The monoisotopic (exact) mass is 265 g/mol. The number of phenolic OH excluding ortho intramolecular Hbond substituents is 1. The summed E-state index contributed by atoms with van der Waals surface area (Å²) in [6, 6.07) is 7.39. The number of benzene rings is 1. The minimum atomic E-state index is 0.135. The molecule has 1 atom stereocenters. The van der Waals surface area contributed by atoms with Gasteiger partial charge in [-0.3, -0.25) is 4.79 Å². The molecular weight excluding hydrogens is 246 g/mol. The van der Waals surface area contributed by atoms with Gasteiger partial charge in [-0.2, -0.15) is 11.8 Å². The first-order valence-corrected chi connectivity index (χ1v) is 7.54. The fourth-order valence-electron chi connectivity index (χ4n) is 2.07. The average Bonchev–Trinajstić information content (AvgIpc) is 2.39. The number of nitrogens with one attached hydrogen (secondary N) is 1. The topological polar surface area (TPSA) is 49.3 Å². The summed E-state index contributed by atoms with van der Waals surface area (Å²) < 4.78 is 0. The Hall–Kier alpha value is -1.16. The number of carbonyl (C=O) groups is 1. The number of carbonyl (C=O) groups excluding carboxylic acids is 1. The first kappa shape index (κ1) is 13.3. The van der Waals surface area contributed by atoms with Gasteiger partial charge in [0.05, 0.1) is 0 Å². The van der Waals surface area contributed by atoms with Crippen LogP contribution >= 0.6 is 11.8 Å². The molecule has 0 saturated carbocycles. The number of aromatic hydroxyl groups is 1. The van der Waals surface area contributed by atoms with Gasteiger partial charge in [-0.25, -0.2) is 0 Å². The average molecular weight is 265 g/mol. The van der Waals surface area contributed by atoms with Crippen LogP contribution in [0.25, 0.3) is 0 Å². The summed E-state index contributed by atoms with van der Waals surface area (Å²) >= 11 is 1.92. The lowest BCUT2D eigenvalue weighted by Crippen LogP contribution is -2.38. The van der Waals surface area contributed by atoms with Crippen molar-refractivity contribution in [1.29, 1.82) is 0 Å². The summed E-state index contributed by atoms with van der Waals surface area (Å²) in [5, 5.41) is 12.3. The summed E-state index contributed by atoms with van der Waals surface area (Å²) in [5.41, 5.74) is 1.08. The van der Waals surface area contributed by atoms with Crippen LogP contribution in [-0.2, 0) is 11.2 Å². The van der Waals surface area contributed by atoms with Crippen LogP contribution in [0.5, 0.6) is 5.75 Å². The molecule has 18 heavy (non-hydrogen) atoms. The number of hydrogen-bond donors (Lipinski definition) is 2. The molecular formula is C14H19NO2S.